The van der Waals surface area contributed by atoms with E-state index in [0.717, 1.165) is 24.9 Å². The Hall–Kier alpha value is -3.03. The lowest BCUT2D eigenvalue weighted by molar-refractivity contribution is -0.133. The fourth-order valence-electron chi connectivity index (χ4n) is 3.86. The molecule has 8 heteroatoms. The number of aromatic nitrogens is 5. The summed E-state index contributed by atoms with van der Waals surface area (Å²) >= 11 is 0. The Morgan fingerprint density at radius 2 is 2.04 bits per heavy atom. The molecule has 8 nitrogen and oxygen atoms in total. The number of nitrogens with one attached hydrogen (secondary N) is 1. The zero-order chi connectivity index (χ0) is 19.8. The minimum absolute atomic E-state index is 0.0201. The second kappa shape index (κ2) is 7.18. The van der Waals surface area contributed by atoms with Crippen LogP contribution in [0.4, 0.5) is 0 Å². The van der Waals surface area contributed by atoms with E-state index in [4.69, 9.17) is 0 Å². The van der Waals surface area contributed by atoms with Gasteiger partial charge in [0, 0.05) is 6.54 Å². The van der Waals surface area contributed by atoms with Gasteiger partial charge in [-0.05, 0) is 39.2 Å². The van der Waals surface area contributed by atoms with Gasteiger partial charge in [-0.25, -0.2) is 9.67 Å². The first kappa shape index (κ1) is 18.3. The number of carbonyl (C=O) groups is 1. The molecule has 1 N–H and O–H groups in total. The third-order valence-corrected chi connectivity index (χ3v) is 5.48. The number of aryl methyl sites for hydroxylation is 2. The Morgan fingerprint density at radius 1 is 1.29 bits per heavy atom. The first-order valence-electron chi connectivity index (χ1n) is 9.61. The van der Waals surface area contributed by atoms with Crippen LogP contribution in [-0.4, -0.2) is 48.4 Å². The van der Waals surface area contributed by atoms with Crippen LogP contribution in [0.25, 0.3) is 11.2 Å². The molecule has 1 aromatic carbocycles. The molecule has 2 aromatic heterocycles. The van der Waals surface area contributed by atoms with Crippen LogP contribution < -0.4 is 5.56 Å². The van der Waals surface area contributed by atoms with E-state index in [1.165, 1.54) is 5.56 Å². The van der Waals surface area contributed by atoms with Gasteiger partial charge in [0.05, 0.1) is 18.5 Å². The van der Waals surface area contributed by atoms with Crippen molar-refractivity contribution < 1.29 is 4.79 Å². The first-order chi connectivity index (χ1) is 13.4. The van der Waals surface area contributed by atoms with Crippen molar-refractivity contribution in [2.45, 2.75) is 52.1 Å². The van der Waals surface area contributed by atoms with E-state index >= 15 is 0 Å². The number of likely N-dealkylation sites (tertiary alicyclic amines) is 1. The van der Waals surface area contributed by atoms with Crippen LogP contribution in [0.2, 0.25) is 0 Å². The van der Waals surface area contributed by atoms with Crippen molar-refractivity contribution in [3.8, 4) is 0 Å². The molecular weight excluding hydrogens is 356 g/mol. The Kier molecular flexibility index (Phi) is 4.70. The number of rotatable bonds is 4. The summed E-state index contributed by atoms with van der Waals surface area (Å²) in [5.41, 5.74) is 2.61. The maximum absolute atomic E-state index is 13.2. The van der Waals surface area contributed by atoms with Crippen molar-refractivity contribution in [3.63, 3.8) is 0 Å². The largest absolute Gasteiger partial charge is 0.337 e. The SMILES string of the molecule is Cc1ccc(C(C)C(=O)N2CCC[C@@H]2Cn2nnc3c(=O)[nH]c(C)nc32)cc1. The molecule has 1 fully saturated rings. The Labute approximate surface area is 162 Å². The van der Waals surface area contributed by atoms with Crippen LogP contribution in [-0.2, 0) is 11.3 Å². The maximum Gasteiger partial charge on any atom is 0.281 e. The minimum Gasteiger partial charge on any atom is -0.337 e. The molecule has 1 amide bonds. The molecule has 2 atom stereocenters. The highest BCUT2D eigenvalue weighted by atomic mass is 16.2. The quantitative estimate of drug-likeness (QED) is 0.746. The van der Waals surface area contributed by atoms with Gasteiger partial charge < -0.3 is 9.88 Å². The summed E-state index contributed by atoms with van der Waals surface area (Å²) in [6.45, 7) is 6.94. The molecule has 1 aliphatic heterocycles. The van der Waals surface area contributed by atoms with E-state index in [9.17, 15) is 9.59 Å². The second-order valence-corrected chi connectivity index (χ2v) is 7.56. The molecule has 4 rings (SSSR count). The molecule has 1 saturated heterocycles. The summed E-state index contributed by atoms with van der Waals surface area (Å²) in [5, 5.41) is 8.08. The highest BCUT2D eigenvalue weighted by molar-refractivity contribution is 5.84. The van der Waals surface area contributed by atoms with Crippen molar-refractivity contribution in [1.82, 2.24) is 29.9 Å². The van der Waals surface area contributed by atoms with Crippen LogP contribution in [0.5, 0.6) is 0 Å². The molecule has 0 radical (unpaired) electrons. The molecule has 0 spiro atoms. The fraction of sp³-hybridized carbons (Fsp3) is 0.450. The van der Waals surface area contributed by atoms with E-state index in [2.05, 4.69) is 20.3 Å². The molecule has 0 bridgehead atoms. The van der Waals surface area contributed by atoms with E-state index in [1.54, 1.807) is 11.6 Å². The van der Waals surface area contributed by atoms with Crippen molar-refractivity contribution in [2.75, 3.05) is 6.54 Å². The molecular formula is C20H24N6O2. The van der Waals surface area contributed by atoms with Gasteiger partial charge in [-0.3, -0.25) is 9.59 Å². The number of H-pyrrole nitrogens is 1. The molecule has 28 heavy (non-hydrogen) atoms. The number of amides is 1. The lowest BCUT2D eigenvalue weighted by atomic mass is 9.98. The summed E-state index contributed by atoms with van der Waals surface area (Å²) in [5.74, 6) is 0.447. The summed E-state index contributed by atoms with van der Waals surface area (Å²) in [6.07, 6.45) is 1.85. The maximum atomic E-state index is 13.2. The number of nitrogens with zero attached hydrogens (tertiary/aromatic N) is 5. The number of hydrogen-bond donors (Lipinski definition) is 1. The highest BCUT2D eigenvalue weighted by Crippen LogP contribution is 2.26. The normalized spacial score (nSPS) is 18.0. The molecule has 3 aromatic rings. The molecule has 146 valence electrons. The van der Waals surface area contributed by atoms with Crippen LogP contribution in [0, 0.1) is 13.8 Å². The lowest BCUT2D eigenvalue weighted by Crippen LogP contribution is -2.40. The van der Waals surface area contributed by atoms with Gasteiger partial charge in [-0.2, -0.15) is 0 Å². The van der Waals surface area contributed by atoms with Gasteiger partial charge in [0.1, 0.15) is 5.82 Å². The number of hydrogen-bond acceptors (Lipinski definition) is 5. The third kappa shape index (κ3) is 3.30. The molecule has 0 aliphatic carbocycles. The van der Waals surface area contributed by atoms with Crippen molar-refractivity contribution in [3.05, 3.63) is 51.6 Å². The molecule has 0 saturated carbocycles. The zero-order valence-corrected chi connectivity index (χ0v) is 16.3. The number of aromatic amines is 1. The number of fused-ring (bicyclic) bond motifs is 1. The van der Waals surface area contributed by atoms with Crippen LogP contribution >= 0.6 is 0 Å². The standard InChI is InChI=1S/C20H24N6O2/c1-12-6-8-15(9-7-12)13(2)20(28)25-10-4-5-16(25)11-26-18-17(23-24-26)19(27)22-14(3)21-18/h6-9,13,16H,4-5,10-11H2,1-3H3,(H,21,22,27)/t13?,16-/m1/s1. The van der Waals surface area contributed by atoms with Gasteiger partial charge in [0.15, 0.2) is 11.2 Å². The van der Waals surface area contributed by atoms with Gasteiger partial charge >= 0.3 is 0 Å². The summed E-state index contributed by atoms with van der Waals surface area (Å²) in [4.78, 5) is 34.1. The minimum atomic E-state index is -0.291. The van der Waals surface area contributed by atoms with E-state index < -0.39 is 0 Å². The van der Waals surface area contributed by atoms with Gasteiger partial charge in [-0.1, -0.05) is 35.0 Å². The number of benzene rings is 1. The van der Waals surface area contributed by atoms with E-state index in [0.29, 0.717) is 18.0 Å². The van der Waals surface area contributed by atoms with Gasteiger partial charge in [0.2, 0.25) is 5.91 Å². The van der Waals surface area contributed by atoms with Gasteiger partial charge in [0.25, 0.3) is 5.56 Å². The Bertz CT molecular complexity index is 1070. The molecule has 1 aliphatic rings. The fourth-order valence-corrected chi connectivity index (χ4v) is 3.86. The van der Waals surface area contributed by atoms with Gasteiger partial charge in [-0.15, -0.1) is 5.10 Å². The third-order valence-electron chi connectivity index (χ3n) is 5.48. The summed E-state index contributed by atoms with van der Waals surface area (Å²) in [6, 6.07) is 8.13. The summed E-state index contributed by atoms with van der Waals surface area (Å²) < 4.78 is 1.64. The van der Waals surface area contributed by atoms with Crippen molar-refractivity contribution in [2.24, 2.45) is 0 Å². The topological polar surface area (TPSA) is 96.8 Å². The lowest BCUT2D eigenvalue weighted by Gasteiger charge is -2.27. The van der Waals surface area contributed by atoms with Crippen LogP contribution in [0.1, 0.15) is 42.6 Å². The monoisotopic (exact) mass is 380 g/mol. The second-order valence-electron chi connectivity index (χ2n) is 7.56. The molecule has 3 heterocycles. The average molecular weight is 380 g/mol. The molecule has 1 unspecified atom stereocenters. The van der Waals surface area contributed by atoms with Crippen LogP contribution in [0.15, 0.2) is 29.1 Å². The summed E-state index contributed by atoms with van der Waals surface area (Å²) in [7, 11) is 0. The number of carbonyl (C=O) groups excluding carboxylic acids is 1. The van der Waals surface area contributed by atoms with Crippen molar-refractivity contribution in [1.29, 1.82) is 0 Å². The van der Waals surface area contributed by atoms with Crippen LogP contribution in [0.3, 0.4) is 0 Å². The smallest absolute Gasteiger partial charge is 0.281 e. The first-order valence-corrected chi connectivity index (χ1v) is 9.61. The average Bonchev–Trinajstić information content (AvgIpc) is 3.29. The zero-order valence-electron chi connectivity index (χ0n) is 16.3. The van der Waals surface area contributed by atoms with E-state index in [-0.39, 0.29) is 28.9 Å². The predicted molar refractivity (Wildman–Crippen MR) is 105 cm³/mol. The Morgan fingerprint density at radius 3 is 2.79 bits per heavy atom. The highest BCUT2D eigenvalue weighted by Gasteiger charge is 2.32. The predicted octanol–water partition coefficient (Wildman–Crippen LogP) is 1.93. The Balaban J connectivity index is 1.56. The van der Waals surface area contributed by atoms with E-state index in [1.807, 2.05) is 43.0 Å². The van der Waals surface area contributed by atoms with Crippen molar-refractivity contribution >= 4 is 17.1 Å².